The number of para-hydroxylation sites is 1. The Bertz CT molecular complexity index is 410. The highest BCUT2D eigenvalue weighted by Crippen LogP contribution is 2.32. The number of ether oxygens (including phenoxy) is 2. The van der Waals surface area contributed by atoms with Crippen molar-refractivity contribution in [2.75, 3.05) is 13.2 Å². The van der Waals surface area contributed by atoms with Crippen LogP contribution in [0.25, 0.3) is 0 Å². The van der Waals surface area contributed by atoms with Gasteiger partial charge in [-0.1, -0.05) is 31.9 Å². The minimum atomic E-state index is 0.0844. The zero-order valence-electron chi connectivity index (χ0n) is 14.3. The summed E-state index contributed by atoms with van der Waals surface area (Å²) in [6, 6.07) is 6.12. The van der Waals surface area contributed by atoms with Gasteiger partial charge in [-0.05, 0) is 40.2 Å². The number of rotatable bonds is 9. The molecule has 0 bridgehead atoms. The van der Waals surface area contributed by atoms with Crippen LogP contribution in [0.1, 0.15) is 59.4 Å². The van der Waals surface area contributed by atoms with Gasteiger partial charge in [0, 0.05) is 17.6 Å². The molecule has 0 radical (unpaired) electrons. The molecule has 0 unspecified atom stereocenters. The molecule has 1 aromatic carbocycles. The van der Waals surface area contributed by atoms with E-state index in [0.717, 1.165) is 36.6 Å². The first kappa shape index (κ1) is 17.8. The van der Waals surface area contributed by atoms with E-state index in [4.69, 9.17) is 9.47 Å². The first-order chi connectivity index (χ1) is 9.98. The summed E-state index contributed by atoms with van der Waals surface area (Å²) in [5.74, 6) is 1.74. The third-order valence-electron chi connectivity index (χ3n) is 3.16. The van der Waals surface area contributed by atoms with Crippen molar-refractivity contribution < 1.29 is 9.47 Å². The van der Waals surface area contributed by atoms with Gasteiger partial charge in [0.1, 0.15) is 0 Å². The van der Waals surface area contributed by atoms with Crippen molar-refractivity contribution in [3.8, 4) is 11.5 Å². The molecule has 3 heteroatoms. The third kappa shape index (κ3) is 6.85. The standard InChI is InChI=1S/C18H31NO2/c1-6-8-9-13-21-17-15(14-19-18(3,4)5)11-10-12-16(17)20-7-2/h10-12,19H,6-9,13-14H2,1-5H3. The lowest BCUT2D eigenvalue weighted by molar-refractivity contribution is 0.267. The van der Waals surface area contributed by atoms with E-state index in [0.29, 0.717) is 6.61 Å². The lowest BCUT2D eigenvalue weighted by Gasteiger charge is -2.22. The van der Waals surface area contributed by atoms with Crippen LogP contribution in [-0.2, 0) is 6.54 Å². The van der Waals surface area contributed by atoms with Gasteiger partial charge in [-0.25, -0.2) is 0 Å². The molecule has 0 aliphatic rings. The SMILES string of the molecule is CCCCCOc1c(CNC(C)(C)C)cccc1OCC. The summed E-state index contributed by atoms with van der Waals surface area (Å²) in [5, 5.41) is 3.51. The Morgan fingerprint density at radius 1 is 1.05 bits per heavy atom. The van der Waals surface area contributed by atoms with Crippen molar-refractivity contribution >= 4 is 0 Å². The lowest BCUT2D eigenvalue weighted by Crippen LogP contribution is -2.35. The second-order valence-corrected chi connectivity index (χ2v) is 6.34. The van der Waals surface area contributed by atoms with E-state index in [2.05, 4.69) is 39.1 Å². The van der Waals surface area contributed by atoms with Crippen LogP contribution < -0.4 is 14.8 Å². The van der Waals surface area contributed by atoms with Crippen LogP contribution >= 0.6 is 0 Å². The van der Waals surface area contributed by atoms with Gasteiger partial charge in [0.2, 0.25) is 0 Å². The summed E-state index contributed by atoms with van der Waals surface area (Å²) >= 11 is 0. The van der Waals surface area contributed by atoms with Gasteiger partial charge in [0.25, 0.3) is 0 Å². The van der Waals surface area contributed by atoms with Crippen molar-refractivity contribution in [1.29, 1.82) is 0 Å². The lowest BCUT2D eigenvalue weighted by atomic mass is 10.1. The number of hydrogen-bond donors (Lipinski definition) is 1. The van der Waals surface area contributed by atoms with Crippen LogP contribution in [0.5, 0.6) is 11.5 Å². The molecule has 0 saturated carbocycles. The van der Waals surface area contributed by atoms with Crippen LogP contribution in [0.3, 0.4) is 0 Å². The Morgan fingerprint density at radius 2 is 1.81 bits per heavy atom. The molecule has 0 aromatic heterocycles. The van der Waals surface area contributed by atoms with Gasteiger partial charge in [-0.15, -0.1) is 0 Å². The van der Waals surface area contributed by atoms with E-state index in [-0.39, 0.29) is 5.54 Å². The maximum Gasteiger partial charge on any atom is 0.165 e. The minimum absolute atomic E-state index is 0.0844. The minimum Gasteiger partial charge on any atom is -0.490 e. The summed E-state index contributed by atoms with van der Waals surface area (Å²) < 4.78 is 11.7. The maximum atomic E-state index is 6.02. The molecule has 0 fully saturated rings. The Labute approximate surface area is 130 Å². The first-order valence-electron chi connectivity index (χ1n) is 8.10. The molecule has 1 aromatic rings. The fourth-order valence-electron chi connectivity index (χ4n) is 2.02. The zero-order chi connectivity index (χ0) is 15.7. The van der Waals surface area contributed by atoms with Crippen molar-refractivity contribution in [2.45, 2.75) is 66.0 Å². The van der Waals surface area contributed by atoms with Crippen LogP contribution in [0.4, 0.5) is 0 Å². The molecular weight excluding hydrogens is 262 g/mol. The van der Waals surface area contributed by atoms with Gasteiger partial charge in [0.15, 0.2) is 11.5 Å². The number of unbranched alkanes of at least 4 members (excludes halogenated alkanes) is 2. The average Bonchev–Trinajstić information content (AvgIpc) is 2.42. The van der Waals surface area contributed by atoms with E-state index >= 15 is 0 Å². The number of hydrogen-bond acceptors (Lipinski definition) is 3. The van der Waals surface area contributed by atoms with Crippen LogP contribution in [0.15, 0.2) is 18.2 Å². The average molecular weight is 293 g/mol. The smallest absolute Gasteiger partial charge is 0.165 e. The monoisotopic (exact) mass is 293 g/mol. The van der Waals surface area contributed by atoms with E-state index < -0.39 is 0 Å². The Kier molecular flexibility index (Phi) is 7.58. The van der Waals surface area contributed by atoms with E-state index in [1.54, 1.807) is 0 Å². The second-order valence-electron chi connectivity index (χ2n) is 6.34. The molecule has 120 valence electrons. The quantitative estimate of drug-likeness (QED) is 0.678. The fraction of sp³-hybridized carbons (Fsp3) is 0.667. The molecule has 0 atom stereocenters. The molecule has 0 amide bonds. The predicted molar refractivity (Wildman–Crippen MR) is 89.2 cm³/mol. The van der Waals surface area contributed by atoms with Crippen molar-refractivity contribution in [3.63, 3.8) is 0 Å². The highest BCUT2D eigenvalue weighted by atomic mass is 16.5. The Balaban J connectivity index is 2.81. The molecule has 21 heavy (non-hydrogen) atoms. The summed E-state index contributed by atoms with van der Waals surface area (Å²) in [4.78, 5) is 0. The number of benzene rings is 1. The molecule has 1 rings (SSSR count). The van der Waals surface area contributed by atoms with Gasteiger partial charge < -0.3 is 14.8 Å². The van der Waals surface area contributed by atoms with Crippen LogP contribution in [0, 0.1) is 0 Å². The van der Waals surface area contributed by atoms with Crippen LogP contribution in [-0.4, -0.2) is 18.8 Å². The molecule has 0 spiro atoms. The summed E-state index contributed by atoms with van der Waals surface area (Å²) in [6.07, 6.45) is 3.49. The largest absolute Gasteiger partial charge is 0.490 e. The molecule has 1 N–H and O–H groups in total. The summed E-state index contributed by atoms with van der Waals surface area (Å²) in [6.45, 7) is 12.9. The summed E-state index contributed by atoms with van der Waals surface area (Å²) in [7, 11) is 0. The van der Waals surface area contributed by atoms with Crippen molar-refractivity contribution in [2.24, 2.45) is 0 Å². The Hall–Kier alpha value is -1.22. The van der Waals surface area contributed by atoms with Crippen LogP contribution in [0.2, 0.25) is 0 Å². The molecule has 0 heterocycles. The molecular formula is C18H31NO2. The second kappa shape index (κ2) is 8.93. The topological polar surface area (TPSA) is 30.5 Å². The van der Waals surface area contributed by atoms with Gasteiger partial charge in [0.05, 0.1) is 13.2 Å². The van der Waals surface area contributed by atoms with Gasteiger partial charge in [-0.3, -0.25) is 0 Å². The predicted octanol–water partition coefficient (Wildman–Crippen LogP) is 4.54. The number of nitrogens with one attached hydrogen (secondary N) is 1. The highest BCUT2D eigenvalue weighted by Gasteiger charge is 2.14. The van der Waals surface area contributed by atoms with Gasteiger partial charge in [-0.2, -0.15) is 0 Å². The molecule has 3 nitrogen and oxygen atoms in total. The first-order valence-corrected chi connectivity index (χ1v) is 8.10. The van der Waals surface area contributed by atoms with E-state index in [1.807, 2.05) is 19.1 Å². The van der Waals surface area contributed by atoms with Gasteiger partial charge >= 0.3 is 0 Å². The van der Waals surface area contributed by atoms with Crippen molar-refractivity contribution in [1.82, 2.24) is 5.32 Å². The third-order valence-corrected chi connectivity index (χ3v) is 3.16. The van der Waals surface area contributed by atoms with Crippen molar-refractivity contribution in [3.05, 3.63) is 23.8 Å². The summed E-state index contributed by atoms with van der Waals surface area (Å²) in [5.41, 5.74) is 1.24. The van der Waals surface area contributed by atoms with E-state index in [9.17, 15) is 0 Å². The molecule has 0 aliphatic carbocycles. The fourth-order valence-corrected chi connectivity index (χ4v) is 2.02. The highest BCUT2D eigenvalue weighted by molar-refractivity contribution is 5.46. The molecule has 0 saturated heterocycles. The normalized spacial score (nSPS) is 11.5. The van der Waals surface area contributed by atoms with E-state index in [1.165, 1.54) is 12.8 Å². The zero-order valence-corrected chi connectivity index (χ0v) is 14.3. The Morgan fingerprint density at radius 3 is 2.43 bits per heavy atom. The molecule has 0 aliphatic heterocycles. The maximum absolute atomic E-state index is 6.02.